The molecule has 5 rings (SSSR count). The lowest BCUT2D eigenvalue weighted by molar-refractivity contribution is 0.122. The van der Waals surface area contributed by atoms with Crippen LogP contribution in [0.2, 0.25) is 0 Å². The van der Waals surface area contributed by atoms with Gasteiger partial charge in [-0.2, -0.15) is 4.98 Å². The van der Waals surface area contributed by atoms with E-state index in [9.17, 15) is 4.79 Å². The fourth-order valence-electron chi connectivity index (χ4n) is 4.32. The molecular formula is C22H27N7O2. The zero-order valence-electron chi connectivity index (χ0n) is 17.7. The third-order valence-electron chi connectivity index (χ3n) is 6.18. The standard InChI is InChI=1S/C22H27N7O2/c1-26(18-5-8-23-22(25-18)28-12-14-31-15-13-28)17-6-10-27(11-7-17)20-16-21(30)29-9-3-2-4-19(29)24-20/h2-5,8-9,16-17H,6-7,10-15H2,1H3. The van der Waals surface area contributed by atoms with E-state index in [0.717, 1.165) is 56.6 Å². The fourth-order valence-corrected chi connectivity index (χ4v) is 4.32. The van der Waals surface area contributed by atoms with Crippen molar-refractivity contribution in [1.29, 1.82) is 0 Å². The largest absolute Gasteiger partial charge is 0.378 e. The van der Waals surface area contributed by atoms with Gasteiger partial charge in [-0.1, -0.05) is 6.07 Å². The van der Waals surface area contributed by atoms with Crippen LogP contribution in [0.5, 0.6) is 0 Å². The van der Waals surface area contributed by atoms with E-state index in [1.165, 1.54) is 0 Å². The fraction of sp³-hybridized carbons (Fsp3) is 0.455. The summed E-state index contributed by atoms with van der Waals surface area (Å²) in [5.41, 5.74) is 0.636. The maximum absolute atomic E-state index is 12.4. The van der Waals surface area contributed by atoms with E-state index in [0.29, 0.717) is 24.9 Å². The first-order valence-electron chi connectivity index (χ1n) is 10.8. The number of hydrogen-bond acceptors (Lipinski definition) is 8. The zero-order valence-corrected chi connectivity index (χ0v) is 17.7. The van der Waals surface area contributed by atoms with Crippen molar-refractivity contribution in [3.8, 4) is 0 Å². The Hall–Kier alpha value is -3.20. The van der Waals surface area contributed by atoms with Gasteiger partial charge in [0.15, 0.2) is 0 Å². The molecule has 5 heterocycles. The Balaban J connectivity index is 1.27. The van der Waals surface area contributed by atoms with Crippen LogP contribution in [-0.2, 0) is 4.74 Å². The third kappa shape index (κ3) is 4.05. The molecule has 0 spiro atoms. The highest BCUT2D eigenvalue weighted by Gasteiger charge is 2.25. The molecule has 3 aromatic heterocycles. The van der Waals surface area contributed by atoms with Gasteiger partial charge in [0, 0.05) is 57.7 Å². The van der Waals surface area contributed by atoms with Crippen LogP contribution < -0.4 is 20.3 Å². The van der Waals surface area contributed by atoms with Crippen molar-refractivity contribution in [3.05, 3.63) is 53.1 Å². The molecule has 0 aliphatic carbocycles. The number of hydrogen-bond donors (Lipinski definition) is 0. The van der Waals surface area contributed by atoms with E-state index in [4.69, 9.17) is 14.7 Å². The zero-order chi connectivity index (χ0) is 21.2. The van der Waals surface area contributed by atoms with Gasteiger partial charge in [-0.15, -0.1) is 0 Å². The Kier molecular flexibility index (Phi) is 5.42. The maximum Gasteiger partial charge on any atom is 0.259 e. The Morgan fingerprint density at radius 2 is 1.84 bits per heavy atom. The summed E-state index contributed by atoms with van der Waals surface area (Å²) in [6.07, 6.45) is 5.54. The summed E-state index contributed by atoms with van der Waals surface area (Å²) in [6, 6.07) is 9.60. The van der Waals surface area contributed by atoms with Crippen molar-refractivity contribution in [1.82, 2.24) is 19.4 Å². The predicted octanol–water partition coefficient (Wildman–Crippen LogP) is 1.43. The number of rotatable bonds is 4. The topological polar surface area (TPSA) is 79.1 Å². The first kappa shape index (κ1) is 19.7. The average molecular weight is 422 g/mol. The van der Waals surface area contributed by atoms with Crippen LogP contribution in [0.3, 0.4) is 0 Å². The number of fused-ring (bicyclic) bond motifs is 1. The monoisotopic (exact) mass is 421 g/mol. The molecule has 31 heavy (non-hydrogen) atoms. The van der Waals surface area contributed by atoms with E-state index < -0.39 is 0 Å². The van der Waals surface area contributed by atoms with Gasteiger partial charge >= 0.3 is 0 Å². The molecule has 0 radical (unpaired) electrons. The van der Waals surface area contributed by atoms with E-state index >= 15 is 0 Å². The van der Waals surface area contributed by atoms with Gasteiger partial charge in [0.2, 0.25) is 5.95 Å². The molecule has 2 saturated heterocycles. The molecule has 0 amide bonds. The van der Waals surface area contributed by atoms with Gasteiger partial charge in [-0.25, -0.2) is 9.97 Å². The average Bonchev–Trinajstić information content (AvgIpc) is 2.84. The SMILES string of the molecule is CN(c1ccnc(N2CCOCC2)n1)C1CCN(c2cc(=O)n3ccccc3n2)CC1. The van der Waals surface area contributed by atoms with Crippen LogP contribution in [0.4, 0.5) is 17.6 Å². The Morgan fingerprint density at radius 3 is 2.65 bits per heavy atom. The normalized spacial score (nSPS) is 17.8. The summed E-state index contributed by atoms with van der Waals surface area (Å²) >= 11 is 0. The lowest BCUT2D eigenvalue weighted by Crippen LogP contribution is -2.44. The van der Waals surface area contributed by atoms with E-state index in [1.807, 2.05) is 30.5 Å². The van der Waals surface area contributed by atoms with Gasteiger partial charge in [0.25, 0.3) is 5.56 Å². The summed E-state index contributed by atoms with van der Waals surface area (Å²) in [5.74, 6) is 2.47. The van der Waals surface area contributed by atoms with Crippen LogP contribution in [0.25, 0.3) is 5.65 Å². The molecule has 162 valence electrons. The lowest BCUT2D eigenvalue weighted by atomic mass is 10.0. The van der Waals surface area contributed by atoms with Crippen molar-refractivity contribution in [2.24, 2.45) is 0 Å². The molecule has 9 nitrogen and oxygen atoms in total. The van der Waals surface area contributed by atoms with Gasteiger partial charge in [-0.05, 0) is 31.0 Å². The second-order valence-corrected chi connectivity index (χ2v) is 8.02. The van der Waals surface area contributed by atoms with E-state index in [2.05, 4.69) is 26.7 Å². The van der Waals surface area contributed by atoms with Crippen molar-refractivity contribution in [3.63, 3.8) is 0 Å². The molecule has 0 N–H and O–H groups in total. The highest BCUT2D eigenvalue weighted by Crippen LogP contribution is 2.24. The minimum absolute atomic E-state index is 0.0449. The quantitative estimate of drug-likeness (QED) is 0.626. The predicted molar refractivity (Wildman–Crippen MR) is 120 cm³/mol. The molecule has 2 aliphatic rings. The lowest BCUT2D eigenvalue weighted by Gasteiger charge is -2.38. The van der Waals surface area contributed by atoms with E-state index in [-0.39, 0.29) is 5.56 Å². The summed E-state index contributed by atoms with van der Waals surface area (Å²) in [7, 11) is 2.10. The second-order valence-electron chi connectivity index (χ2n) is 8.02. The highest BCUT2D eigenvalue weighted by atomic mass is 16.5. The molecule has 0 bridgehead atoms. The first-order chi connectivity index (χ1) is 15.2. The summed E-state index contributed by atoms with van der Waals surface area (Å²) in [4.78, 5) is 33.0. The highest BCUT2D eigenvalue weighted by molar-refractivity contribution is 5.49. The Bertz CT molecular complexity index is 1100. The van der Waals surface area contributed by atoms with Crippen LogP contribution in [0.15, 0.2) is 47.5 Å². The molecule has 0 saturated carbocycles. The van der Waals surface area contributed by atoms with Gasteiger partial charge in [0.05, 0.1) is 13.2 Å². The number of ether oxygens (including phenoxy) is 1. The molecule has 3 aromatic rings. The number of nitrogens with zero attached hydrogens (tertiary/aromatic N) is 7. The third-order valence-corrected chi connectivity index (χ3v) is 6.18. The van der Waals surface area contributed by atoms with Crippen LogP contribution in [0, 0.1) is 0 Å². The van der Waals surface area contributed by atoms with Crippen LogP contribution in [0.1, 0.15) is 12.8 Å². The van der Waals surface area contributed by atoms with Gasteiger partial charge < -0.3 is 19.4 Å². The van der Waals surface area contributed by atoms with Crippen LogP contribution >= 0.6 is 0 Å². The molecule has 9 heteroatoms. The minimum Gasteiger partial charge on any atom is -0.378 e. The first-order valence-corrected chi connectivity index (χ1v) is 10.8. The number of anilines is 3. The van der Waals surface area contributed by atoms with Gasteiger partial charge in [-0.3, -0.25) is 9.20 Å². The molecule has 2 fully saturated rings. The van der Waals surface area contributed by atoms with Gasteiger partial charge in [0.1, 0.15) is 17.3 Å². The van der Waals surface area contributed by atoms with E-state index in [1.54, 1.807) is 16.7 Å². The smallest absolute Gasteiger partial charge is 0.259 e. The number of pyridine rings is 1. The van der Waals surface area contributed by atoms with Crippen LogP contribution in [-0.4, -0.2) is 71.8 Å². The number of aromatic nitrogens is 4. The van der Waals surface area contributed by atoms with Crippen molar-refractivity contribution in [2.45, 2.75) is 18.9 Å². The Morgan fingerprint density at radius 1 is 1.03 bits per heavy atom. The van der Waals surface area contributed by atoms with Crippen molar-refractivity contribution < 1.29 is 4.74 Å². The summed E-state index contributed by atoms with van der Waals surface area (Å²) < 4.78 is 7.01. The molecule has 0 aromatic carbocycles. The molecule has 0 unspecified atom stereocenters. The summed E-state index contributed by atoms with van der Waals surface area (Å²) in [5, 5.41) is 0. The molecular weight excluding hydrogens is 394 g/mol. The summed E-state index contributed by atoms with van der Waals surface area (Å²) in [6.45, 7) is 4.79. The Labute approximate surface area is 180 Å². The molecule has 2 aliphatic heterocycles. The van der Waals surface area contributed by atoms with Crippen molar-refractivity contribution in [2.75, 3.05) is 61.1 Å². The second kappa shape index (κ2) is 8.50. The minimum atomic E-state index is -0.0449. The van der Waals surface area contributed by atoms with Crippen molar-refractivity contribution >= 4 is 23.2 Å². The molecule has 0 atom stereocenters. The number of morpholine rings is 1. The number of piperidine rings is 1. The maximum atomic E-state index is 12.4.